The number of fused-ring (bicyclic) bond motifs is 5. The number of rotatable bonds is 3. The van der Waals surface area contributed by atoms with Crippen LogP contribution in [0.3, 0.4) is 0 Å². The van der Waals surface area contributed by atoms with Gasteiger partial charge in [0.25, 0.3) is 0 Å². The van der Waals surface area contributed by atoms with Crippen LogP contribution in [0.1, 0.15) is 56.1 Å². The van der Waals surface area contributed by atoms with Gasteiger partial charge in [0.05, 0.1) is 12.8 Å². The molecule has 3 nitrogen and oxygen atoms in total. The molecule has 29 heavy (non-hydrogen) atoms. The SMILES string of the molecule is COc1ccc2c(c1)CC[C@@H]1[C@@H]2CC[C@]2(C)C[C@H](N(C)c3ccccc3O)C[C@@H]12. The fourth-order valence-corrected chi connectivity index (χ4v) is 6.96. The summed E-state index contributed by atoms with van der Waals surface area (Å²) < 4.78 is 5.47. The number of ether oxygens (including phenoxy) is 1. The van der Waals surface area contributed by atoms with Crippen molar-refractivity contribution in [2.45, 2.75) is 57.4 Å². The Kier molecular flexibility index (Phi) is 4.53. The van der Waals surface area contributed by atoms with Gasteiger partial charge in [-0.05, 0) is 97.1 Å². The molecule has 0 heterocycles. The van der Waals surface area contributed by atoms with Crippen LogP contribution in [0.5, 0.6) is 11.5 Å². The maximum atomic E-state index is 10.4. The monoisotopic (exact) mass is 391 g/mol. The van der Waals surface area contributed by atoms with Crippen LogP contribution in [0.2, 0.25) is 0 Å². The van der Waals surface area contributed by atoms with Crippen molar-refractivity contribution in [2.24, 2.45) is 17.3 Å². The molecule has 0 radical (unpaired) electrons. The van der Waals surface area contributed by atoms with Crippen LogP contribution in [-0.2, 0) is 6.42 Å². The largest absolute Gasteiger partial charge is 0.506 e. The van der Waals surface area contributed by atoms with E-state index in [1.807, 2.05) is 18.2 Å². The maximum Gasteiger partial charge on any atom is 0.138 e. The van der Waals surface area contributed by atoms with E-state index in [1.54, 1.807) is 18.7 Å². The molecule has 0 unspecified atom stereocenters. The predicted octanol–water partition coefficient (Wildman–Crippen LogP) is 5.76. The number of nitrogens with zero attached hydrogens (tertiary/aromatic N) is 1. The summed E-state index contributed by atoms with van der Waals surface area (Å²) in [6.07, 6.45) is 7.59. The van der Waals surface area contributed by atoms with Crippen molar-refractivity contribution in [3.63, 3.8) is 0 Å². The molecule has 2 aromatic rings. The van der Waals surface area contributed by atoms with Crippen molar-refractivity contribution in [3.8, 4) is 11.5 Å². The quantitative estimate of drug-likeness (QED) is 0.722. The first kappa shape index (κ1) is 18.8. The molecule has 0 spiro atoms. The van der Waals surface area contributed by atoms with Gasteiger partial charge < -0.3 is 14.7 Å². The summed E-state index contributed by atoms with van der Waals surface area (Å²) >= 11 is 0. The van der Waals surface area contributed by atoms with Crippen molar-refractivity contribution in [1.29, 1.82) is 0 Å². The summed E-state index contributed by atoms with van der Waals surface area (Å²) in [6, 6.07) is 15.0. The lowest BCUT2D eigenvalue weighted by Gasteiger charge is -2.49. The van der Waals surface area contributed by atoms with E-state index < -0.39 is 0 Å². The second-order valence-electron chi connectivity index (χ2n) is 9.87. The Morgan fingerprint density at radius 3 is 2.76 bits per heavy atom. The standard InChI is InChI=1S/C26H33NO2/c1-26-13-12-21-20-11-9-19(29-3)14-17(20)8-10-22(21)23(26)15-18(16-26)27(2)24-6-4-5-7-25(24)28/h4-7,9,11,14,18,21-23,28H,8,10,12-13,15-16H2,1-3H3/t18-,21-,22-,23+,26-/m1/s1. The molecular weight excluding hydrogens is 358 g/mol. The number of benzene rings is 2. The van der Waals surface area contributed by atoms with Gasteiger partial charge in [-0.3, -0.25) is 0 Å². The van der Waals surface area contributed by atoms with Crippen molar-refractivity contribution < 1.29 is 9.84 Å². The average molecular weight is 392 g/mol. The van der Waals surface area contributed by atoms with E-state index in [0.29, 0.717) is 23.1 Å². The molecule has 1 N–H and O–H groups in total. The van der Waals surface area contributed by atoms with Gasteiger partial charge in [0.1, 0.15) is 11.5 Å². The Bertz CT molecular complexity index is 909. The molecule has 2 fully saturated rings. The van der Waals surface area contributed by atoms with Crippen molar-refractivity contribution in [2.75, 3.05) is 19.1 Å². The molecule has 0 aromatic heterocycles. The van der Waals surface area contributed by atoms with Crippen LogP contribution in [0.15, 0.2) is 42.5 Å². The van der Waals surface area contributed by atoms with Gasteiger partial charge in [-0.25, -0.2) is 0 Å². The van der Waals surface area contributed by atoms with E-state index in [2.05, 4.69) is 37.1 Å². The second kappa shape index (κ2) is 6.97. The minimum Gasteiger partial charge on any atom is -0.506 e. The molecular formula is C26H33NO2. The first-order valence-corrected chi connectivity index (χ1v) is 11.2. The van der Waals surface area contributed by atoms with Crippen molar-refractivity contribution in [3.05, 3.63) is 53.6 Å². The highest BCUT2D eigenvalue weighted by atomic mass is 16.5. The lowest BCUT2D eigenvalue weighted by Crippen LogP contribution is -2.39. The number of anilines is 1. The molecule has 0 saturated heterocycles. The zero-order chi connectivity index (χ0) is 20.2. The summed E-state index contributed by atoms with van der Waals surface area (Å²) in [4.78, 5) is 2.34. The van der Waals surface area contributed by atoms with Crippen LogP contribution < -0.4 is 9.64 Å². The van der Waals surface area contributed by atoms with Crippen LogP contribution >= 0.6 is 0 Å². The molecule has 154 valence electrons. The Morgan fingerprint density at radius 1 is 1.14 bits per heavy atom. The number of aromatic hydroxyl groups is 1. The second-order valence-corrected chi connectivity index (χ2v) is 9.87. The summed E-state index contributed by atoms with van der Waals surface area (Å²) in [7, 11) is 3.93. The Labute approximate surface area is 174 Å². The Hall–Kier alpha value is -2.16. The third-order valence-corrected chi connectivity index (χ3v) is 8.49. The highest BCUT2D eigenvalue weighted by Gasteiger charge is 2.53. The van der Waals surface area contributed by atoms with Crippen molar-refractivity contribution >= 4 is 5.69 Å². The van der Waals surface area contributed by atoms with Crippen LogP contribution in [-0.4, -0.2) is 25.3 Å². The molecule has 5 atom stereocenters. The van der Waals surface area contributed by atoms with Crippen molar-refractivity contribution in [1.82, 2.24) is 0 Å². The number of phenols is 1. The lowest BCUT2D eigenvalue weighted by molar-refractivity contribution is 0.0598. The van der Waals surface area contributed by atoms with Crippen LogP contribution in [0.4, 0.5) is 5.69 Å². The first-order valence-electron chi connectivity index (χ1n) is 11.2. The summed E-state index contributed by atoms with van der Waals surface area (Å²) in [6.45, 7) is 2.54. The van der Waals surface area contributed by atoms with Crippen LogP contribution in [0.25, 0.3) is 0 Å². The van der Waals surface area contributed by atoms with Crippen LogP contribution in [0, 0.1) is 17.3 Å². The Morgan fingerprint density at radius 2 is 1.97 bits per heavy atom. The van der Waals surface area contributed by atoms with Gasteiger partial charge in [0, 0.05) is 13.1 Å². The number of para-hydroxylation sites is 2. The molecule has 0 amide bonds. The number of hydrogen-bond acceptors (Lipinski definition) is 3. The molecule has 2 saturated carbocycles. The third-order valence-electron chi connectivity index (χ3n) is 8.49. The minimum atomic E-state index is 0.397. The highest BCUT2D eigenvalue weighted by molar-refractivity contribution is 5.58. The van der Waals surface area contributed by atoms with E-state index >= 15 is 0 Å². The molecule has 2 aromatic carbocycles. The van der Waals surface area contributed by atoms with Gasteiger partial charge >= 0.3 is 0 Å². The Balaban J connectivity index is 1.41. The zero-order valence-electron chi connectivity index (χ0n) is 17.9. The predicted molar refractivity (Wildman–Crippen MR) is 118 cm³/mol. The highest BCUT2D eigenvalue weighted by Crippen LogP contribution is 2.61. The van der Waals surface area contributed by atoms with Gasteiger partial charge in [-0.1, -0.05) is 25.1 Å². The fraction of sp³-hybridized carbons (Fsp3) is 0.538. The molecule has 0 bridgehead atoms. The van der Waals surface area contributed by atoms with Gasteiger partial charge in [0.15, 0.2) is 0 Å². The number of hydrogen-bond donors (Lipinski definition) is 1. The van der Waals surface area contributed by atoms with Gasteiger partial charge in [-0.15, -0.1) is 0 Å². The molecule has 3 aliphatic rings. The molecule has 0 aliphatic heterocycles. The first-order chi connectivity index (χ1) is 14.0. The lowest BCUT2D eigenvalue weighted by atomic mass is 9.56. The summed E-state index contributed by atoms with van der Waals surface area (Å²) in [5, 5.41) is 10.4. The molecule has 5 rings (SSSR count). The van der Waals surface area contributed by atoms with E-state index in [-0.39, 0.29) is 0 Å². The minimum absolute atomic E-state index is 0.397. The normalized spacial score (nSPS) is 32.8. The number of phenolic OH excluding ortho intramolecular Hbond substituents is 1. The van der Waals surface area contributed by atoms with E-state index in [0.717, 1.165) is 23.3 Å². The fourth-order valence-electron chi connectivity index (χ4n) is 6.96. The van der Waals surface area contributed by atoms with E-state index in [4.69, 9.17) is 4.74 Å². The van der Waals surface area contributed by atoms with E-state index in [1.165, 1.54) is 44.1 Å². The summed E-state index contributed by atoms with van der Waals surface area (Å²) in [5.41, 5.74) is 4.49. The van der Waals surface area contributed by atoms with E-state index in [9.17, 15) is 5.11 Å². The summed E-state index contributed by atoms with van der Waals surface area (Å²) in [5.74, 6) is 3.66. The molecule has 3 aliphatic carbocycles. The topological polar surface area (TPSA) is 32.7 Å². The third kappa shape index (κ3) is 3.01. The van der Waals surface area contributed by atoms with Gasteiger partial charge in [0.2, 0.25) is 0 Å². The smallest absolute Gasteiger partial charge is 0.138 e. The number of aryl methyl sites for hydroxylation is 1. The number of methoxy groups -OCH3 is 1. The zero-order valence-corrected chi connectivity index (χ0v) is 17.9. The van der Waals surface area contributed by atoms with Gasteiger partial charge in [-0.2, -0.15) is 0 Å². The average Bonchev–Trinajstić information content (AvgIpc) is 3.10. The molecule has 3 heteroatoms. The maximum absolute atomic E-state index is 10.4.